The van der Waals surface area contributed by atoms with E-state index in [2.05, 4.69) is 35.5 Å². The lowest BCUT2D eigenvalue weighted by molar-refractivity contribution is -0.141. The zero-order valence-electron chi connectivity index (χ0n) is 26.6. The van der Waals surface area contributed by atoms with E-state index >= 15 is 0 Å². The van der Waals surface area contributed by atoms with Crippen molar-refractivity contribution in [3.63, 3.8) is 0 Å². The highest BCUT2D eigenvalue weighted by atomic mass is 16.5. The van der Waals surface area contributed by atoms with E-state index in [-0.39, 0.29) is 71.6 Å². The fraction of sp³-hybridized carbons (Fsp3) is 0.567. The van der Waals surface area contributed by atoms with Crippen LogP contribution >= 0.6 is 0 Å². The predicted octanol–water partition coefficient (Wildman–Crippen LogP) is -0.208. The van der Waals surface area contributed by atoms with Gasteiger partial charge in [0, 0.05) is 26.2 Å². The molecule has 1 aromatic carbocycles. The number of nitrogens with zero attached hydrogens (tertiary/aromatic N) is 1. The van der Waals surface area contributed by atoms with Crippen LogP contribution in [0.15, 0.2) is 30.3 Å². The third-order valence-electron chi connectivity index (χ3n) is 6.44. The highest BCUT2D eigenvalue weighted by Crippen LogP contribution is 2.11. The molecular formula is C30H45N5O11. The van der Waals surface area contributed by atoms with Crippen molar-refractivity contribution in [3.8, 4) is 0 Å². The minimum absolute atomic E-state index is 0.0211. The van der Waals surface area contributed by atoms with Crippen molar-refractivity contribution in [1.29, 1.82) is 0 Å². The van der Waals surface area contributed by atoms with Gasteiger partial charge in [-0.3, -0.25) is 33.7 Å². The number of rotatable bonds is 22. The summed E-state index contributed by atoms with van der Waals surface area (Å²) in [5, 5.41) is 10.4. The highest BCUT2D eigenvalue weighted by molar-refractivity contribution is 5.86. The molecule has 4 amide bonds. The molecule has 0 spiro atoms. The molecule has 4 N–H and O–H groups in total. The minimum Gasteiger partial charge on any atom is -0.469 e. The molecule has 1 rings (SSSR count). The van der Waals surface area contributed by atoms with Gasteiger partial charge in [0.1, 0.15) is 6.61 Å². The number of amides is 4. The zero-order chi connectivity index (χ0) is 34.2. The summed E-state index contributed by atoms with van der Waals surface area (Å²) in [6.07, 6.45) is 0.176. The molecule has 0 saturated heterocycles. The Morgan fingerprint density at radius 2 is 1.15 bits per heavy atom. The predicted molar refractivity (Wildman–Crippen MR) is 163 cm³/mol. The molecule has 0 aromatic heterocycles. The van der Waals surface area contributed by atoms with Crippen molar-refractivity contribution >= 4 is 41.7 Å². The van der Waals surface area contributed by atoms with E-state index in [1.54, 1.807) is 0 Å². The fourth-order valence-corrected chi connectivity index (χ4v) is 3.98. The number of benzene rings is 1. The number of carbonyl (C=O) groups excluding carboxylic acids is 7. The van der Waals surface area contributed by atoms with Crippen LogP contribution in [-0.2, 0) is 54.3 Å². The van der Waals surface area contributed by atoms with E-state index in [1.165, 1.54) is 26.2 Å². The Morgan fingerprint density at radius 3 is 1.65 bits per heavy atom. The minimum atomic E-state index is -1.000. The van der Waals surface area contributed by atoms with Gasteiger partial charge in [-0.2, -0.15) is 0 Å². The highest BCUT2D eigenvalue weighted by Gasteiger charge is 2.29. The van der Waals surface area contributed by atoms with Gasteiger partial charge >= 0.3 is 24.0 Å². The van der Waals surface area contributed by atoms with Crippen molar-refractivity contribution in [2.45, 2.75) is 51.2 Å². The SMILES string of the molecule is COC(=O)CCNC(=O)CN(CC(=O)NCCC(=O)OC)C(CCCCNC(=O)OCc1ccccc1)C(=O)NCCC(=O)OC. The number of carbonyl (C=O) groups is 7. The Labute approximate surface area is 268 Å². The van der Waals surface area contributed by atoms with E-state index in [4.69, 9.17) is 4.74 Å². The second-order valence-corrected chi connectivity index (χ2v) is 9.87. The van der Waals surface area contributed by atoms with Crippen molar-refractivity contribution in [2.75, 3.05) is 60.6 Å². The molecule has 46 heavy (non-hydrogen) atoms. The third kappa shape index (κ3) is 18.2. The molecule has 1 unspecified atom stereocenters. The van der Waals surface area contributed by atoms with Crippen LogP contribution in [0.5, 0.6) is 0 Å². The van der Waals surface area contributed by atoms with Gasteiger partial charge in [0.25, 0.3) is 0 Å². The monoisotopic (exact) mass is 651 g/mol. The molecule has 1 aromatic rings. The Hall–Kier alpha value is -4.73. The van der Waals surface area contributed by atoms with Gasteiger partial charge in [-0.25, -0.2) is 4.79 Å². The van der Waals surface area contributed by atoms with Gasteiger partial charge in [-0.05, 0) is 24.8 Å². The molecule has 0 aliphatic rings. The summed E-state index contributed by atoms with van der Waals surface area (Å²) in [5.74, 6) is -3.23. The molecular weight excluding hydrogens is 606 g/mol. The largest absolute Gasteiger partial charge is 0.469 e. The van der Waals surface area contributed by atoms with Crippen molar-refractivity contribution in [3.05, 3.63) is 35.9 Å². The number of unbranched alkanes of at least 4 members (excludes halogenated alkanes) is 1. The second-order valence-electron chi connectivity index (χ2n) is 9.87. The average Bonchev–Trinajstić information content (AvgIpc) is 3.05. The third-order valence-corrected chi connectivity index (χ3v) is 6.44. The molecule has 16 nitrogen and oxygen atoms in total. The number of alkyl carbamates (subject to hydrolysis) is 1. The maximum atomic E-state index is 13.3. The van der Waals surface area contributed by atoms with Crippen LogP contribution in [0.2, 0.25) is 0 Å². The van der Waals surface area contributed by atoms with Crippen molar-refractivity contribution in [2.24, 2.45) is 0 Å². The maximum absolute atomic E-state index is 13.3. The summed E-state index contributed by atoms with van der Waals surface area (Å²) in [5.41, 5.74) is 0.836. The van der Waals surface area contributed by atoms with Gasteiger partial charge in [0.15, 0.2) is 0 Å². The van der Waals surface area contributed by atoms with Crippen molar-refractivity contribution < 1.29 is 52.5 Å². The summed E-state index contributed by atoms with van der Waals surface area (Å²) in [6, 6.07) is 8.18. The molecule has 0 heterocycles. The first-order valence-corrected chi connectivity index (χ1v) is 14.8. The lowest BCUT2D eigenvalue weighted by Crippen LogP contribution is -2.53. The zero-order valence-corrected chi connectivity index (χ0v) is 26.6. The topological polar surface area (TPSA) is 208 Å². The Balaban J connectivity index is 2.90. The second kappa shape index (κ2) is 23.6. The first-order valence-electron chi connectivity index (χ1n) is 14.8. The smallest absolute Gasteiger partial charge is 0.407 e. The van der Waals surface area contributed by atoms with Gasteiger partial charge in [0.05, 0.1) is 59.7 Å². The quantitative estimate of drug-likeness (QED) is 0.0730. The number of nitrogens with one attached hydrogen (secondary N) is 4. The number of methoxy groups -OCH3 is 3. The van der Waals surface area contributed by atoms with Crippen LogP contribution in [-0.4, -0.2) is 113 Å². The molecule has 0 saturated carbocycles. The van der Waals surface area contributed by atoms with Crippen LogP contribution in [0.3, 0.4) is 0 Å². The van der Waals surface area contributed by atoms with E-state index in [0.717, 1.165) is 5.56 Å². The van der Waals surface area contributed by atoms with E-state index in [0.29, 0.717) is 12.8 Å². The number of ether oxygens (including phenoxy) is 4. The number of hydrogen-bond acceptors (Lipinski definition) is 12. The first kappa shape index (κ1) is 39.3. The maximum Gasteiger partial charge on any atom is 0.407 e. The van der Waals surface area contributed by atoms with Crippen molar-refractivity contribution in [1.82, 2.24) is 26.2 Å². The summed E-state index contributed by atoms with van der Waals surface area (Å²) in [4.78, 5) is 86.7. The first-order chi connectivity index (χ1) is 22.1. The van der Waals surface area contributed by atoms with Gasteiger partial charge < -0.3 is 40.2 Å². The molecule has 256 valence electrons. The van der Waals surface area contributed by atoms with Crippen LogP contribution in [0.4, 0.5) is 4.79 Å². The molecule has 0 radical (unpaired) electrons. The Kier molecular flexibility index (Phi) is 20.2. The van der Waals surface area contributed by atoms with Crippen LogP contribution in [0.1, 0.15) is 44.1 Å². The fourth-order valence-electron chi connectivity index (χ4n) is 3.98. The lowest BCUT2D eigenvalue weighted by atomic mass is 10.1. The van der Waals surface area contributed by atoms with E-state index in [1.807, 2.05) is 30.3 Å². The van der Waals surface area contributed by atoms with Gasteiger partial charge in [-0.15, -0.1) is 0 Å². The van der Waals surface area contributed by atoms with E-state index < -0.39 is 47.8 Å². The average molecular weight is 652 g/mol. The summed E-state index contributed by atoms with van der Waals surface area (Å²) in [6.45, 7) is -0.499. The standard InChI is InChI=1S/C30H45N5O11/c1-43-26(38)12-16-31-24(36)19-35(20-25(37)32-17-13-27(39)44-2)23(29(41)33-18-14-28(40)45-3)11-7-8-15-34-30(42)46-21-22-9-5-4-6-10-22/h4-6,9-10,23H,7-8,11-21H2,1-3H3,(H,31,36)(H,32,37)(H,33,41)(H,34,42). The van der Waals surface area contributed by atoms with Crippen LogP contribution in [0.25, 0.3) is 0 Å². The molecule has 16 heteroatoms. The molecule has 0 fully saturated rings. The molecule has 1 atom stereocenters. The summed E-state index contributed by atoms with van der Waals surface area (Å²) >= 11 is 0. The molecule has 0 bridgehead atoms. The van der Waals surface area contributed by atoms with Gasteiger partial charge in [0.2, 0.25) is 17.7 Å². The van der Waals surface area contributed by atoms with Crippen LogP contribution in [0, 0.1) is 0 Å². The number of esters is 3. The van der Waals surface area contributed by atoms with Gasteiger partial charge in [-0.1, -0.05) is 30.3 Å². The summed E-state index contributed by atoms with van der Waals surface area (Å²) in [7, 11) is 3.66. The van der Waals surface area contributed by atoms with Crippen LogP contribution < -0.4 is 21.3 Å². The molecule has 0 aliphatic heterocycles. The Bertz CT molecular complexity index is 1100. The summed E-state index contributed by atoms with van der Waals surface area (Å²) < 4.78 is 18.9. The lowest BCUT2D eigenvalue weighted by Gasteiger charge is -2.30. The van der Waals surface area contributed by atoms with E-state index in [9.17, 15) is 33.6 Å². The molecule has 0 aliphatic carbocycles. The number of hydrogen-bond donors (Lipinski definition) is 4. The Morgan fingerprint density at radius 1 is 0.652 bits per heavy atom. The normalized spacial score (nSPS) is 11.0.